The predicted molar refractivity (Wildman–Crippen MR) is 183 cm³/mol. The van der Waals surface area contributed by atoms with Gasteiger partial charge in [-0.05, 0) is 97.8 Å². The normalized spacial score (nSPS) is 17.9. The van der Waals surface area contributed by atoms with Crippen LogP contribution >= 0.6 is 0 Å². The minimum atomic E-state index is -4.80. The third-order valence-corrected chi connectivity index (χ3v) is 8.39. The van der Waals surface area contributed by atoms with E-state index in [1.165, 1.54) is 33.5 Å². The lowest BCUT2D eigenvalue weighted by Crippen LogP contribution is -2.32. The van der Waals surface area contributed by atoms with Crippen molar-refractivity contribution in [2.45, 2.75) is 51.0 Å². The summed E-state index contributed by atoms with van der Waals surface area (Å²) in [5.74, 6) is -0.971. The first kappa shape index (κ1) is 35.4. The van der Waals surface area contributed by atoms with E-state index in [0.717, 1.165) is 29.0 Å². The molecule has 1 aliphatic rings. The van der Waals surface area contributed by atoms with Crippen molar-refractivity contribution in [2.75, 3.05) is 36.9 Å². The molecule has 15 heteroatoms. The number of alkyl halides is 3. The SMILES string of the molecule is CCC(C)n1ncn(-c2ccc(NCCNc3ccc(OC[C@@H]4CO[C@](Cc5ccnnc5)(c5ccc(OC(F)(F)F)cc5)O4)cc3)cc2)c1=O. The number of aromatic nitrogens is 5. The van der Waals surface area contributed by atoms with Crippen LogP contribution in [0.3, 0.4) is 0 Å². The van der Waals surface area contributed by atoms with Crippen LogP contribution in [0.1, 0.15) is 37.4 Å². The quantitative estimate of drug-likeness (QED) is 0.123. The summed E-state index contributed by atoms with van der Waals surface area (Å²) >= 11 is 0. The summed E-state index contributed by atoms with van der Waals surface area (Å²) in [5, 5.41) is 18.7. The summed E-state index contributed by atoms with van der Waals surface area (Å²) < 4.78 is 63.7. The molecule has 5 aromatic rings. The molecule has 1 saturated heterocycles. The van der Waals surface area contributed by atoms with Crippen molar-refractivity contribution < 1.29 is 32.1 Å². The van der Waals surface area contributed by atoms with E-state index in [1.54, 1.807) is 24.8 Å². The van der Waals surface area contributed by atoms with E-state index in [4.69, 9.17) is 14.2 Å². The van der Waals surface area contributed by atoms with Gasteiger partial charge in [0.1, 0.15) is 30.5 Å². The third kappa shape index (κ3) is 9.04. The molecule has 0 bridgehead atoms. The zero-order valence-electron chi connectivity index (χ0n) is 28.0. The van der Waals surface area contributed by atoms with Crippen LogP contribution in [0, 0.1) is 0 Å². The number of nitrogens with zero attached hydrogens (tertiary/aromatic N) is 5. The van der Waals surface area contributed by atoms with Crippen LogP contribution < -0.4 is 25.8 Å². The van der Waals surface area contributed by atoms with Crippen LogP contribution in [0.4, 0.5) is 24.5 Å². The number of hydrogen-bond donors (Lipinski definition) is 2. The number of ether oxygens (including phenoxy) is 4. The fourth-order valence-corrected chi connectivity index (χ4v) is 5.58. The highest BCUT2D eigenvalue weighted by atomic mass is 19.4. The van der Waals surface area contributed by atoms with Gasteiger partial charge in [0, 0.05) is 42.6 Å². The topological polar surface area (TPSA) is 127 Å². The Kier molecular flexibility index (Phi) is 10.9. The Morgan fingerprint density at radius 2 is 1.61 bits per heavy atom. The van der Waals surface area contributed by atoms with Crippen molar-refractivity contribution in [3.05, 3.63) is 119 Å². The molecular formula is C36H38F3N7O5. The smallest absolute Gasteiger partial charge is 0.491 e. The average molecular weight is 706 g/mol. The summed E-state index contributed by atoms with van der Waals surface area (Å²) in [6.07, 6.45) is 0.508. The molecule has 12 nitrogen and oxygen atoms in total. The second-order valence-electron chi connectivity index (χ2n) is 12.0. The van der Waals surface area contributed by atoms with E-state index in [-0.39, 0.29) is 37.1 Å². The molecule has 2 N–H and O–H groups in total. The predicted octanol–water partition coefficient (Wildman–Crippen LogP) is 6.11. The molecule has 1 unspecified atom stereocenters. The van der Waals surface area contributed by atoms with Crippen LogP contribution in [0.15, 0.2) is 102 Å². The van der Waals surface area contributed by atoms with E-state index in [9.17, 15) is 18.0 Å². The second-order valence-corrected chi connectivity index (χ2v) is 12.0. The van der Waals surface area contributed by atoms with Gasteiger partial charge < -0.3 is 29.6 Å². The first-order chi connectivity index (χ1) is 24.6. The molecule has 3 atom stereocenters. The molecule has 3 aromatic carbocycles. The molecule has 6 rings (SSSR count). The van der Waals surface area contributed by atoms with Crippen molar-refractivity contribution in [3.8, 4) is 17.2 Å². The fraction of sp³-hybridized carbons (Fsp3) is 0.333. The van der Waals surface area contributed by atoms with Gasteiger partial charge in [0.25, 0.3) is 0 Å². The Labute approximate surface area is 292 Å². The van der Waals surface area contributed by atoms with E-state index < -0.39 is 18.3 Å². The van der Waals surface area contributed by atoms with Gasteiger partial charge in [0.05, 0.1) is 24.5 Å². The molecule has 1 aliphatic heterocycles. The summed E-state index contributed by atoms with van der Waals surface area (Å²) in [4.78, 5) is 12.7. The van der Waals surface area contributed by atoms with Crippen molar-refractivity contribution in [2.24, 2.45) is 0 Å². The Morgan fingerprint density at radius 3 is 2.24 bits per heavy atom. The molecule has 2 aromatic heterocycles. The van der Waals surface area contributed by atoms with Gasteiger partial charge in [-0.15, -0.1) is 13.2 Å². The van der Waals surface area contributed by atoms with Gasteiger partial charge in [0.15, 0.2) is 5.79 Å². The number of nitrogens with one attached hydrogen (secondary N) is 2. The van der Waals surface area contributed by atoms with Gasteiger partial charge in [0.2, 0.25) is 0 Å². The Hall–Kier alpha value is -5.41. The second kappa shape index (κ2) is 15.6. The van der Waals surface area contributed by atoms with Crippen molar-refractivity contribution in [1.29, 1.82) is 0 Å². The van der Waals surface area contributed by atoms with E-state index in [1.807, 2.05) is 62.4 Å². The van der Waals surface area contributed by atoms with E-state index in [0.29, 0.717) is 24.4 Å². The molecule has 3 heterocycles. The minimum Gasteiger partial charge on any atom is -0.491 e. The molecule has 0 radical (unpaired) electrons. The fourth-order valence-electron chi connectivity index (χ4n) is 5.58. The lowest BCUT2D eigenvalue weighted by Gasteiger charge is -2.29. The number of benzene rings is 3. The van der Waals surface area contributed by atoms with Crippen molar-refractivity contribution in [3.63, 3.8) is 0 Å². The minimum absolute atomic E-state index is 0.0375. The van der Waals surface area contributed by atoms with Gasteiger partial charge in [-0.2, -0.15) is 15.3 Å². The van der Waals surface area contributed by atoms with Crippen LogP contribution in [-0.4, -0.2) is 63.3 Å². The van der Waals surface area contributed by atoms with Crippen molar-refractivity contribution >= 4 is 11.4 Å². The van der Waals surface area contributed by atoms with E-state index in [2.05, 4.69) is 30.7 Å². The number of rotatable bonds is 15. The lowest BCUT2D eigenvalue weighted by molar-refractivity contribution is -0.274. The maximum Gasteiger partial charge on any atom is 0.573 e. The summed E-state index contributed by atoms with van der Waals surface area (Å²) in [6.45, 7) is 5.71. The van der Waals surface area contributed by atoms with Crippen molar-refractivity contribution in [1.82, 2.24) is 24.5 Å². The first-order valence-electron chi connectivity index (χ1n) is 16.5. The standard InChI is InChI=1S/C36H38F3N7O5/c1-3-25(2)46-34(47)45(24-44-46)30-10-6-28(7-11-30)40-18-19-41-29-8-14-31(15-9-29)48-22-33-23-49-35(50-33,20-26-16-17-42-43-21-26)27-4-12-32(13-5-27)51-36(37,38)39/h4-17,21,24-25,33,40-41H,3,18-20,22-23H2,1-2H3/t25?,33-,35+/m1/s1. The third-order valence-electron chi connectivity index (χ3n) is 8.39. The summed E-state index contributed by atoms with van der Waals surface area (Å²) in [7, 11) is 0. The Bertz CT molecular complexity index is 1900. The lowest BCUT2D eigenvalue weighted by atomic mass is 9.98. The molecule has 51 heavy (non-hydrogen) atoms. The maximum absolute atomic E-state index is 12.7. The van der Waals surface area contributed by atoms with Crippen LogP contribution in [-0.2, 0) is 21.7 Å². The molecule has 0 spiro atoms. The maximum atomic E-state index is 12.7. The zero-order chi connectivity index (χ0) is 35.8. The van der Waals surface area contributed by atoms with Gasteiger partial charge in [-0.3, -0.25) is 0 Å². The molecule has 0 aliphatic carbocycles. The van der Waals surface area contributed by atoms with Crippen LogP contribution in [0.2, 0.25) is 0 Å². The summed E-state index contributed by atoms with van der Waals surface area (Å²) in [5.41, 5.74) is 3.74. The molecule has 1 fully saturated rings. The van der Waals surface area contributed by atoms with E-state index >= 15 is 0 Å². The number of anilines is 2. The highest BCUT2D eigenvalue weighted by Crippen LogP contribution is 2.39. The molecule has 0 saturated carbocycles. The number of hydrogen-bond acceptors (Lipinski definition) is 10. The highest BCUT2D eigenvalue weighted by molar-refractivity contribution is 5.50. The van der Waals surface area contributed by atoms with Crippen LogP contribution in [0.25, 0.3) is 5.69 Å². The van der Waals surface area contributed by atoms with Crippen LogP contribution in [0.5, 0.6) is 11.5 Å². The highest BCUT2D eigenvalue weighted by Gasteiger charge is 2.44. The largest absolute Gasteiger partial charge is 0.573 e. The van der Waals surface area contributed by atoms with Gasteiger partial charge >= 0.3 is 12.1 Å². The first-order valence-corrected chi connectivity index (χ1v) is 16.5. The number of halogens is 3. The molecular weight excluding hydrogens is 667 g/mol. The van der Waals surface area contributed by atoms with Gasteiger partial charge in [-0.1, -0.05) is 6.92 Å². The monoisotopic (exact) mass is 705 g/mol. The zero-order valence-corrected chi connectivity index (χ0v) is 28.0. The average Bonchev–Trinajstić information content (AvgIpc) is 3.73. The Balaban J connectivity index is 0.977. The molecule has 268 valence electrons. The summed E-state index contributed by atoms with van der Waals surface area (Å²) in [6, 6.07) is 22.4. The van der Waals surface area contributed by atoms with Gasteiger partial charge in [-0.25, -0.2) is 14.0 Å². The Morgan fingerprint density at radius 1 is 0.941 bits per heavy atom. The molecule has 0 amide bonds.